The highest BCUT2D eigenvalue weighted by Gasteiger charge is 2.16. The molecule has 0 saturated heterocycles. The Hall–Kier alpha value is 0.290. The van der Waals surface area contributed by atoms with E-state index in [0.29, 0.717) is 12.8 Å². The largest absolute Gasteiger partial charge is 0.396 e. The van der Waals surface area contributed by atoms with Crippen molar-refractivity contribution in [1.29, 1.82) is 0 Å². The lowest BCUT2D eigenvalue weighted by Gasteiger charge is -2.15. The Labute approximate surface area is 83.0 Å². The van der Waals surface area contributed by atoms with Crippen LogP contribution in [-0.2, 0) is 4.79 Å². The molecule has 0 bridgehead atoms. The molecule has 0 aliphatic rings. The maximum absolute atomic E-state index is 10.5. The van der Waals surface area contributed by atoms with E-state index in [9.17, 15) is 9.90 Å². The minimum atomic E-state index is -0.642. The second kappa shape index (κ2) is 6.77. The molecule has 0 amide bonds. The Morgan fingerprint density at radius 2 is 2.08 bits per heavy atom. The van der Waals surface area contributed by atoms with Gasteiger partial charge in [0.25, 0.3) is 0 Å². The smallest absolute Gasteiger partial charge is 0.187 e. The zero-order valence-electron chi connectivity index (χ0n) is 6.68. The second-order valence-corrected chi connectivity index (χ2v) is 3.76. The van der Waals surface area contributed by atoms with Gasteiger partial charge in [0.05, 0.1) is 6.10 Å². The van der Waals surface area contributed by atoms with Gasteiger partial charge in [-0.15, -0.1) is 12.6 Å². The van der Waals surface area contributed by atoms with Crippen LogP contribution in [0.25, 0.3) is 0 Å². The van der Waals surface area contributed by atoms with Gasteiger partial charge >= 0.3 is 0 Å². The lowest BCUT2D eigenvalue weighted by Crippen LogP contribution is -2.22. The summed E-state index contributed by atoms with van der Waals surface area (Å²) in [5.74, 6) is 0. The van der Waals surface area contributed by atoms with Gasteiger partial charge in [0.15, 0.2) is 5.12 Å². The Balaban J connectivity index is 3.60. The van der Waals surface area contributed by atoms with Crippen molar-refractivity contribution in [2.75, 3.05) is 6.61 Å². The molecule has 3 nitrogen and oxygen atoms in total. The molecule has 72 valence electrons. The Bertz CT molecular complexity index is 141. The van der Waals surface area contributed by atoms with E-state index in [0.717, 1.165) is 0 Å². The van der Waals surface area contributed by atoms with E-state index >= 15 is 0 Å². The van der Waals surface area contributed by atoms with Crippen molar-refractivity contribution < 1.29 is 15.0 Å². The molecular weight excluding hydrogens is 196 g/mol. The van der Waals surface area contributed by atoms with Gasteiger partial charge in [-0.05, 0) is 12.8 Å². The monoisotopic (exact) mass is 210 g/mol. The third-order valence-electron chi connectivity index (χ3n) is 1.49. The SMILES string of the molecule is O=C(S)CC(S)C(O)CCCO. The summed E-state index contributed by atoms with van der Waals surface area (Å²) in [6, 6.07) is 0. The van der Waals surface area contributed by atoms with Gasteiger partial charge in [-0.1, -0.05) is 0 Å². The molecule has 0 aromatic rings. The van der Waals surface area contributed by atoms with E-state index in [1.54, 1.807) is 0 Å². The van der Waals surface area contributed by atoms with Gasteiger partial charge in [0, 0.05) is 18.3 Å². The molecule has 0 aliphatic carbocycles. The highest BCUT2D eigenvalue weighted by molar-refractivity contribution is 7.96. The summed E-state index contributed by atoms with van der Waals surface area (Å²) in [5, 5.41) is 17.1. The van der Waals surface area contributed by atoms with Crippen LogP contribution >= 0.6 is 25.3 Å². The van der Waals surface area contributed by atoms with Gasteiger partial charge in [-0.25, -0.2) is 0 Å². The van der Waals surface area contributed by atoms with Crippen molar-refractivity contribution in [3.8, 4) is 0 Å². The van der Waals surface area contributed by atoms with Crippen molar-refractivity contribution in [2.24, 2.45) is 0 Å². The molecule has 0 saturated carbocycles. The van der Waals surface area contributed by atoms with Crippen molar-refractivity contribution in [1.82, 2.24) is 0 Å². The van der Waals surface area contributed by atoms with Gasteiger partial charge in [0.1, 0.15) is 0 Å². The van der Waals surface area contributed by atoms with Crippen molar-refractivity contribution >= 4 is 30.4 Å². The number of aliphatic hydroxyl groups excluding tert-OH is 2. The number of aliphatic hydroxyl groups is 2. The summed E-state index contributed by atoms with van der Waals surface area (Å²) in [4.78, 5) is 10.5. The van der Waals surface area contributed by atoms with Crippen LogP contribution in [0.15, 0.2) is 0 Å². The zero-order chi connectivity index (χ0) is 9.56. The predicted octanol–water partition coefficient (Wildman–Crippen LogP) is 0.265. The van der Waals surface area contributed by atoms with E-state index in [1.165, 1.54) is 0 Å². The van der Waals surface area contributed by atoms with Crippen molar-refractivity contribution in [3.05, 3.63) is 0 Å². The quantitative estimate of drug-likeness (QED) is 0.476. The maximum Gasteiger partial charge on any atom is 0.187 e. The third kappa shape index (κ3) is 5.88. The van der Waals surface area contributed by atoms with Crippen LogP contribution in [0.3, 0.4) is 0 Å². The Morgan fingerprint density at radius 1 is 1.50 bits per heavy atom. The van der Waals surface area contributed by atoms with Crippen LogP contribution in [0.1, 0.15) is 19.3 Å². The van der Waals surface area contributed by atoms with Crippen molar-refractivity contribution in [3.63, 3.8) is 0 Å². The van der Waals surface area contributed by atoms with Gasteiger partial charge < -0.3 is 10.2 Å². The second-order valence-electron chi connectivity index (χ2n) is 2.60. The molecule has 0 rings (SSSR count). The lowest BCUT2D eigenvalue weighted by atomic mass is 10.1. The molecule has 0 aliphatic heterocycles. The van der Waals surface area contributed by atoms with E-state index in [1.807, 2.05) is 0 Å². The van der Waals surface area contributed by atoms with E-state index in [4.69, 9.17) is 5.11 Å². The minimum absolute atomic E-state index is 0.0480. The van der Waals surface area contributed by atoms with Gasteiger partial charge in [-0.3, -0.25) is 4.79 Å². The third-order valence-corrected chi connectivity index (χ3v) is 2.20. The van der Waals surface area contributed by atoms with Crippen LogP contribution in [0.5, 0.6) is 0 Å². The molecular formula is C7H14O3S2. The molecule has 2 atom stereocenters. The summed E-state index contributed by atoms with van der Waals surface area (Å²) in [6.45, 7) is 0.0480. The number of thiol groups is 2. The average Bonchev–Trinajstić information content (AvgIpc) is 1.98. The summed E-state index contributed by atoms with van der Waals surface area (Å²) >= 11 is 7.61. The Morgan fingerprint density at radius 3 is 2.50 bits per heavy atom. The first kappa shape index (κ1) is 12.3. The van der Waals surface area contributed by atoms with Crippen LogP contribution < -0.4 is 0 Å². The first-order valence-electron chi connectivity index (χ1n) is 3.76. The average molecular weight is 210 g/mol. The van der Waals surface area contributed by atoms with E-state index < -0.39 is 6.10 Å². The fraction of sp³-hybridized carbons (Fsp3) is 0.857. The standard InChI is InChI=1S/C7H14O3S2/c8-3-1-2-5(9)6(11)4-7(10)12/h5-6,8-9,11H,1-4H2,(H,10,12). The molecule has 5 heteroatoms. The molecule has 12 heavy (non-hydrogen) atoms. The number of carbonyl (C=O) groups is 1. The normalized spacial score (nSPS) is 15.7. The minimum Gasteiger partial charge on any atom is -0.396 e. The molecule has 2 unspecified atom stereocenters. The summed E-state index contributed by atoms with van der Waals surface area (Å²) in [6.07, 6.45) is 0.500. The molecule has 2 N–H and O–H groups in total. The zero-order valence-corrected chi connectivity index (χ0v) is 8.47. The van der Waals surface area contributed by atoms with Crippen LogP contribution in [0, 0.1) is 0 Å². The highest BCUT2D eigenvalue weighted by atomic mass is 32.1. The molecule has 0 spiro atoms. The highest BCUT2D eigenvalue weighted by Crippen LogP contribution is 2.13. The fourth-order valence-electron chi connectivity index (χ4n) is 0.808. The Kier molecular flexibility index (Phi) is 6.93. The first-order chi connectivity index (χ1) is 5.57. The van der Waals surface area contributed by atoms with E-state index in [2.05, 4.69) is 25.3 Å². The van der Waals surface area contributed by atoms with E-state index in [-0.39, 0.29) is 23.4 Å². The molecule has 0 aromatic carbocycles. The summed E-state index contributed by atoms with van der Waals surface area (Å²) < 4.78 is 0. The van der Waals surface area contributed by atoms with Crippen molar-refractivity contribution in [2.45, 2.75) is 30.6 Å². The topological polar surface area (TPSA) is 57.5 Å². The maximum atomic E-state index is 10.5. The lowest BCUT2D eigenvalue weighted by molar-refractivity contribution is -0.111. The van der Waals surface area contributed by atoms with Crippen LogP contribution in [-0.4, -0.2) is 33.3 Å². The van der Waals surface area contributed by atoms with Gasteiger partial charge in [-0.2, -0.15) is 12.6 Å². The number of hydrogen-bond donors (Lipinski definition) is 4. The number of rotatable bonds is 6. The molecule has 0 radical (unpaired) electrons. The fourth-order valence-corrected chi connectivity index (χ4v) is 1.46. The van der Waals surface area contributed by atoms with Gasteiger partial charge in [0.2, 0.25) is 0 Å². The summed E-state index contributed by atoms with van der Waals surface area (Å²) in [5.41, 5.74) is 0. The predicted molar refractivity (Wildman–Crippen MR) is 53.7 cm³/mol. The molecule has 0 aromatic heterocycles. The first-order valence-corrected chi connectivity index (χ1v) is 4.73. The molecule has 0 fully saturated rings. The van der Waals surface area contributed by atoms with Crippen LogP contribution in [0.4, 0.5) is 0 Å². The molecule has 0 heterocycles. The summed E-state index contributed by atoms with van der Waals surface area (Å²) in [7, 11) is 0. The number of carbonyl (C=O) groups excluding carboxylic acids is 1. The number of hydrogen-bond acceptors (Lipinski definition) is 4. The van der Waals surface area contributed by atoms with Crippen LogP contribution in [0.2, 0.25) is 0 Å².